The molecule has 5 nitrogen and oxygen atoms in total. The van der Waals surface area contributed by atoms with Gasteiger partial charge in [0.2, 0.25) is 0 Å². The first-order valence-corrected chi connectivity index (χ1v) is 9.21. The number of anilines is 2. The maximum Gasteiger partial charge on any atom is 0.416 e. The lowest BCUT2D eigenvalue weighted by molar-refractivity contribution is -0.137. The largest absolute Gasteiger partial charge is 0.416 e. The summed E-state index contributed by atoms with van der Waals surface area (Å²) in [4.78, 5) is 19.0. The standard InChI is InChI=1S/C20H23F3N4O.ClH/c1-24-12-14-5-4-10-27(13-14)19(28)17-8-3-9-25-18(17)26-16-7-2-6-15(11-16)20(21,22)23;/h2-3,6-9,11,14,24H,4-5,10,12-13H2,1H3,(H,25,26);1H. The lowest BCUT2D eigenvalue weighted by Gasteiger charge is -2.33. The Morgan fingerprint density at radius 3 is 2.79 bits per heavy atom. The molecule has 158 valence electrons. The van der Waals surface area contributed by atoms with Crippen molar-refractivity contribution in [3.63, 3.8) is 0 Å². The van der Waals surface area contributed by atoms with Crippen molar-refractivity contribution < 1.29 is 18.0 Å². The monoisotopic (exact) mass is 428 g/mol. The Labute approximate surface area is 174 Å². The molecular weight excluding hydrogens is 405 g/mol. The quantitative estimate of drug-likeness (QED) is 0.744. The lowest BCUT2D eigenvalue weighted by atomic mass is 9.97. The molecule has 0 radical (unpaired) electrons. The number of carbonyl (C=O) groups excluding carboxylic acids is 1. The number of pyridine rings is 1. The van der Waals surface area contributed by atoms with Crippen molar-refractivity contribution in [3.8, 4) is 0 Å². The van der Waals surface area contributed by atoms with Crippen molar-refractivity contribution in [1.29, 1.82) is 0 Å². The van der Waals surface area contributed by atoms with Crippen LogP contribution in [0.15, 0.2) is 42.6 Å². The third kappa shape index (κ3) is 5.83. The lowest BCUT2D eigenvalue weighted by Crippen LogP contribution is -2.42. The molecule has 1 aliphatic heterocycles. The summed E-state index contributed by atoms with van der Waals surface area (Å²) in [5.74, 6) is 0.477. The Bertz CT molecular complexity index is 829. The number of piperidine rings is 1. The van der Waals surface area contributed by atoms with Crippen LogP contribution in [-0.4, -0.2) is 42.5 Å². The van der Waals surface area contributed by atoms with Gasteiger partial charge >= 0.3 is 6.18 Å². The number of aromatic nitrogens is 1. The predicted molar refractivity (Wildman–Crippen MR) is 109 cm³/mol. The van der Waals surface area contributed by atoms with Crippen molar-refractivity contribution >= 4 is 29.8 Å². The topological polar surface area (TPSA) is 57.3 Å². The van der Waals surface area contributed by atoms with Crippen molar-refractivity contribution in [2.45, 2.75) is 19.0 Å². The number of nitrogens with zero attached hydrogens (tertiary/aromatic N) is 2. The van der Waals surface area contributed by atoms with Crippen LogP contribution >= 0.6 is 12.4 Å². The molecule has 1 amide bonds. The molecule has 1 aromatic heterocycles. The molecule has 2 aromatic rings. The Morgan fingerprint density at radius 1 is 1.28 bits per heavy atom. The summed E-state index contributed by atoms with van der Waals surface area (Å²) in [6.07, 6.45) is -0.939. The molecule has 3 rings (SSSR count). The molecule has 2 N–H and O–H groups in total. The molecule has 0 aliphatic carbocycles. The highest BCUT2D eigenvalue weighted by atomic mass is 35.5. The van der Waals surface area contributed by atoms with Gasteiger partial charge < -0.3 is 15.5 Å². The van der Waals surface area contributed by atoms with Crippen molar-refractivity contribution in [3.05, 3.63) is 53.7 Å². The van der Waals surface area contributed by atoms with Crippen LogP contribution in [0, 0.1) is 5.92 Å². The fourth-order valence-electron chi connectivity index (χ4n) is 3.46. The number of hydrogen-bond acceptors (Lipinski definition) is 4. The van der Waals surface area contributed by atoms with Gasteiger partial charge in [0.1, 0.15) is 5.82 Å². The zero-order valence-corrected chi connectivity index (χ0v) is 16.8. The number of rotatable bonds is 5. The van der Waals surface area contributed by atoms with E-state index in [0.29, 0.717) is 24.6 Å². The van der Waals surface area contributed by atoms with Gasteiger partial charge in [-0.15, -0.1) is 12.4 Å². The predicted octanol–water partition coefficient (Wildman–Crippen LogP) is 4.34. The van der Waals surface area contributed by atoms with E-state index in [1.807, 2.05) is 7.05 Å². The van der Waals surface area contributed by atoms with Gasteiger partial charge in [-0.25, -0.2) is 4.98 Å². The molecular formula is C20H24ClF3N4O. The van der Waals surface area contributed by atoms with Gasteiger partial charge in [-0.1, -0.05) is 6.07 Å². The van der Waals surface area contributed by atoms with E-state index < -0.39 is 11.7 Å². The van der Waals surface area contributed by atoms with Crippen LogP contribution < -0.4 is 10.6 Å². The van der Waals surface area contributed by atoms with E-state index in [0.717, 1.165) is 31.5 Å². The summed E-state index contributed by atoms with van der Waals surface area (Å²) in [6.45, 7) is 2.15. The second-order valence-electron chi connectivity index (χ2n) is 6.92. The third-order valence-electron chi connectivity index (χ3n) is 4.79. The van der Waals surface area contributed by atoms with Crippen molar-refractivity contribution in [2.24, 2.45) is 5.92 Å². The Kier molecular flexibility index (Phi) is 7.87. The van der Waals surface area contributed by atoms with E-state index in [9.17, 15) is 18.0 Å². The smallest absolute Gasteiger partial charge is 0.340 e. The molecule has 2 heterocycles. The number of halogens is 4. The molecule has 1 aromatic carbocycles. The van der Waals surface area contributed by atoms with Crippen molar-refractivity contribution in [1.82, 2.24) is 15.2 Å². The molecule has 1 aliphatic rings. The van der Waals surface area contributed by atoms with Gasteiger partial charge in [0.15, 0.2) is 0 Å². The summed E-state index contributed by atoms with van der Waals surface area (Å²) in [5, 5.41) is 6.01. The zero-order valence-electron chi connectivity index (χ0n) is 16.0. The average Bonchev–Trinajstić information content (AvgIpc) is 2.68. The minimum atomic E-state index is -4.43. The average molecular weight is 429 g/mol. The summed E-state index contributed by atoms with van der Waals surface area (Å²) in [7, 11) is 1.89. The molecule has 1 unspecified atom stereocenters. The minimum absolute atomic E-state index is 0. The molecule has 9 heteroatoms. The van der Waals surface area contributed by atoms with E-state index in [1.165, 1.54) is 18.3 Å². The number of alkyl halides is 3. The van der Waals surface area contributed by atoms with Gasteiger partial charge in [-0.3, -0.25) is 4.79 Å². The van der Waals surface area contributed by atoms with Crippen LogP contribution in [0.4, 0.5) is 24.7 Å². The molecule has 0 saturated carbocycles. The number of nitrogens with one attached hydrogen (secondary N) is 2. The highest BCUT2D eigenvalue weighted by molar-refractivity contribution is 5.99. The molecule has 0 bridgehead atoms. The number of hydrogen-bond donors (Lipinski definition) is 2. The molecule has 29 heavy (non-hydrogen) atoms. The number of carbonyl (C=O) groups is 1. The maximum absolute atomic E-state index is 13.0. The SMILES string of the molecule is CNCC1CCCN(C(=O)c2cccnc2Nc2cccc(C(F)(F)F)c2)C1.Cl. The van der Waals surface area contributed by atoms with Gasteiger partial charge in [0, 0.05) is 25.0 Å². The van der Waals surface area contributed by atoms with E-state index in [1.54, 1.807) is 17.0 Å². The minimum Gasteiger partial charge on any atom is -0.340 e. The van der Waals surface area contributed by atoms with Gasteiger partial charge in [0.05, 0.1) is 11.1 Å². The Morgan fingerprint density at radius 2 is 2.07 bits per heavy atom. The second-order valence-corrected chi connectivity index (χ2v) is 6.92. The first kappa shape index (κ1) is 23.0. The highest BCUT2D eigenvalue weighted by Gasteiger charge is 2.30. The normalized spacial score (nSPS) is 16.8. The van der Waals surface area contributed by atoms with Gasteiger partial charge in [-0.05, 0) is 62.7 Å². The van der Waals surface area contributed by atoms with Crippen LogP contribution in [0.1, 0.15) is 28.8 Å². The van der Waals surface area contributed by atoms with E-state index in [-0.39, 0.29) is 29.8 Å². The van der Waals surface area contributed by atoms with Gasteiger partial charge in [0.25, 0.3) is 5.91 Å². The Balaban J connectivity index is 0.00000300. The van der Waals surface area contributed by atoms with E-state index in [4.69, 9.17) is 0 Å². The molecule has 0 spiro atoms. The number of benzene rings is 1. The second kappa shape index (κ2) is 9.93. The summed E-state index contributed by atoms with van der Waals surface area (Å²) in [6, 6.07) is 8.15. The number of likely N-dealkylation sites (tertiary alicyclic amines) is 1. The fraction of sp³-hybridized carbons (Fsp3) is 0.400. The van der Waals surface area contributed by atoms with E-state index in [2.05, 4.69) is 15.6 Å². The third-order valence-corrected chi connectivity index (χ3v) is 4.79. The summed E-state index contributed by atoms with van der Waals surface area (Å²) in [5.41, 5.74) is -0.174. The fourth-order valence-corrected chi connectivity index (χ4v) is 3.46. The highest BCUT2D eigenvalue weighted by Crippen LogP contribution is 2.31. The van der Waals surface area contributed by atoms with E-state index >= 15 is 0 Å². The maximum atomic E-state index is 13.0. The van der Waals surface area contributed by atoms with Crippen LogP contribution in [0.5, 0.6) is 0 Å². The van der Waals surface area contributed by atoms with Gasteiger partial charge in [-0.2, -0.15) is 13.2 Å². The van der Waals surface area contributed by atoms with Crippen LogP contribution in [-0.2, 0) is 6.18 Å². The summed E-state index contributed by atoms with van der Waals surface area (Å²) < 4.78 is 38.8. The molecule has 1 atom stereocenters. The molecule has 1 saturated heterocycles. The molecule has 1 fully saturated rings. The van der Waals surface area contributed by atoms with Crippen LogP contribution in [0.25, 0.3) is 0 Å². The first-order chi connectivity index (χ1) is 13.4. The Hall–Kier alpha value is -2.32. The van der Waals surface area contributed by atoms with Crippen LogP contribution in [0.2, 0.25) is 0 Å². The first-order valence-electron chi connectivity index (χ1n) is 9.21. The summed E-state index contributed by atoms with van der Waals surface area (Å²) >= 11 is 0. The number of amides is 1. The van der Waals surface area contributed by atoms with Crippen molar-refractivity contribution in [2.75, 3.05) is 32.0 Å². The zero-order chi connectivity index (χ0) is 20.1. The van der Waals surface area contributed by atoms with Crippen LogP contribution in [0.3, 0.4) is 0 Å².